The van der Waals surface area contributed by atoms with E-state index in [2.05, 4.69) is 29.5 Å². The van der Waals surface area contributed by atoms with Crippen molar-refractivity contribution >= 4 is 16.9 Å². The monoisotopic (exact) mass is 264 g/mol. The Morgan fingerprint density at radius 2 is 2.16 bits per heavy atom. The molecule has 0 fully saturated rings. The number of hydrogen-bond donors (Lipinski definition) is 0. The smallest absolute Gasteiger partial charge is 0.124 e. The van der Waals surface area contributed by atoms with Crippen LogP contribution in [0, 0.1) is 30.1 Å². The van der Waals surface area contributed by atoms with Crippen LogP contribution in [0.15, 0.2) is 30.2 Å². The van der Waals surface area contributed by atoms with Gasteiger partial charge in [-0.15, -0.1) is 11.3 Å². The third-order valence-corrected chi connectivity index (χ3v) is 3.33. The molecule has 2 nitrogen and oxygen atoms in total. The zero-order valence-electron chi connectivity index (χ0n) is 10.8. The minimum absolute atomic E-state index is 0.627. The summed E-state index contributed by atoms with van der Waals surface area (Å²) in [5, 5.41) is 12.0. The maximum absolute atomic E-state index is 9.03. The van der Waals surface area contributed by atoms with Crippen molar-refractivity contribution in [3.8, 4) is 17.9 Å². The SMILES string of the molecule is C=C(C)c1cc(C#Cc2csc(C)n2)ccc1C#N. The molecule has 92 valence electrons. The molecule has 19 heavy (non-hydrogen) atoms. The molecule has 1 aromatic heterocycles. The summed E-state index contributed by atoms with van der Waals surface area (Å²) in [4.78, 5) is 4.29. The zero-order chi connectivity index (χ0) is 13.8. The Morgan fingerprint density at radius 1 is 1.37 bits per heavy atom. The zero-order valence-corrected chi connectivity index (χ0v) is 11.6. The van der Waals surface area contributed by atoms with Crippen molar-refractivity contribution in [2.24, 2.45) is 0 Å². The summed E-state index contributed by atoms with van der Waals surface area (Å²) in [6.45, 7) is 7.73. The summed E-state index contributed by atoms with van der Waals surface area (Å²) in [6.07, 6.45) is 0. The minimum atomic E-state index is 0.627. The third-order valence-electron chi connectivity index (χ3n) is 2.55. The second kappa shape index (κ2) is 5.52. The van der Waals surface area contributed by atoms with E-state index in [1.165, 1.54) is 0 Å². The van der Waals surface area contributed by atoms with E-state index in [1.54, 1.807) is 17.4 Å². The van der Waals surface area contributed by atoms with Gasteiger partial charge >= 0.3 is 0 Å². The van der Waals surface area contributed by atoms with Gasteiger partial charge in [-0.05, 0) is 49.1 Å². The van der Waals surface area contributed by atoms with Crippen LogP contribution in [0.1, 0.15) is 34.3 Å². The summed E-state index contributed by atoms with van der Waals surface area (Å²) in [5.74, 6) is 6.09. The third kappa shape index (κ3) is 3.10. The fraction of sp³-hybridized carbons (Fsp3) is 0.125. The number of hydrogen-bond acceptors (Lipinski definition) is 3. The maximum atomic E-state index is 9.03. The molecule has 0 radical (unpaired) electrons. The summed E-state index contributed by atoms with van der Waals surface area (Å²) in [6, 6.07) is 7.68. The molecule has 0 unspecified atom stereocenters. The van der Waals surface area contributed by atoms with Gasteiger partial charge in [0.05, 0.1) is 16.6 Å². The predicted octanol–water partition coefficient (Wildman–Crippen LogP) is 3.76. The summed E-state index contributed by atoms with van der Waals surface area (Å²) in [7, 11) is 0. The Morgan fingerprint density at radius 3 is 2.74 bits per heavy atom. The Bertz CT molecular complexity index is 736. The molecule has 0 aliphatic heterocycles. The van der Waals surface area contributed by atoms with Crippen LogP contribution in [-0.2, 0) is 0 Å². The highest BCUT2D eigenvalue weighted by atomic mass is 32.1. The fourth-order valence-electron chi connectivity index (χ4n) is 1.63. The Kier molecular flexibility index (Phi) is 3.80. The van der Waals surface area contributed by atoms with Gasteiger partial charge in [0, 0.05) is 10.9 Å². The van der Waals surface area contributed by atoms with Crippen LogP contribution in [0.25, 0.3) is 5.57 Å². The summed E-state index contributed by atoms with van der Waals surface area (Å²) in [5.41, 5.74) is 3.99. The van der Waals surface area contributed by atoms with E-state index >= 15 is 0 Å². The van der Waals surface area contributed by atoms with E-state index < -0.39 is 0 Å². The van der Waals surface area contributed by atoms with Gasteiger partial charge in [-0.1, -0.05) is 12.5 Å². The lowest BCUT2D eigenvalue weighted by atomic mass is 10.00. The number of benzene rings is 1. The van der Waals surface area contributed by atoms with Crippen LogP contribution in [0.5, 0.6) is 0 Å². The average molecular weight is 264 g/mol. The van der Waals surface area contributed by atoms with E-state index in [4.69, 9.17) is 5.26 Å². The van der Waals surface area contributed by atoms with Crippen LogP contribution < -0.4 is 0 Å². The van der Waals surface area contributed by atoms with Crippen molar-refractivity contribution in [2.45, 2.75) is 13.8 Å². The highest BCUT2D eigenvalue weighted by Gasteiger charge is 2.03. The van der Waals surface area contributed by atoms with Crippen molar-refractivity contribution < 1.29 is 0 Å². The lowest BCUT2D eigenvalue weighted by Gasteiger charge is -2.03. The molecule has 0 atom stereocenters. The molecule has 2 aromatic rings. The Labute approximate surface area is 117 Å². The standard InChI is InChI=1S/C16H12N2S/c1-11(2)16-8-13(4-6-14(16)9-17)5-7-15-10-19-12(3)18-15/h4,6,8,10H,1H2,2-3H3. The highest BCUT2D eigenvalue weighted by Crippen LogP contribution is 2.18. The van der Waals surface area contributed by atoms with Crippen LogP contribution >= 0.6 is 11.3 Å². The lowest BCUT2D eigenvalue weighted by Crippen LogP contribution is -1.88. The molecule has 3 heteroatoms. The van der Waals surface area contributed by atoms with Crippen LogP contribution in [0.4, 0.5) is 0 Å². The van der Waals surface area contributed by atoms with Crippen LogP contribution in [-0.4, -0.2) is 4.98 Å². The largest absolute Gasteiger partial charge is 0.233 e. The fourth-order valence-corrected chi connectivity index (χ4v) is 2.17. The normalized spacial score (nSPS) is 9.32. The first-order valence-corrected chi connectivity index (χ1v) is 6.62. The molecule has 0 bridgehead atoms. The van der Waals surface area contributed by atoms with Gasteiger partial charge in [0.15, 0.2) is 0 Å². The Hall–Kier alpha value is -2.36. The molecular weight excluding hydrogens is 252 g/mol. The van der Waals surface area contributed by atoms with E-state index in [1.807, 2.05) is 31.4 Å². The van der Waals surface area contributed by atoms with Gasteiger partial charge in [-0.25, -0.2) is 4.98 Å². The first-order chi connectivity index (χ1) is 9.10. The maximum Gasteiger partial charge on any atom is 0.124 e. The van der Waals surface area contributed by atoms with Crippen molar-refractivity contribution in [2.75, 3.05) is 0 Å². The lowest BCUT2D eigenvalue weighted by molar-refractivity contribution is 1.27. The van der Waals surface area contributed by atoms with Crippen molar-refractivity contribution in [1.82, 2.24) is 4.98 Å². The van der Waals surface area contributed by atoms with Gasteiger partial charge in [0.2, 0.25) is 0 Å². The number of rotatable bonds is 1. The van der Waals surface area contributed by atoms with Gasteiger partial charge in [0.1, 0.15) is 5.69 Å². The molecular formula is C16H12N2S. The van der Waals surface area contributed by atoms with E-state index in [0.29, 0.717) is 5.56 Å². The van der Waals surface area contributed by atoms with Crippen molar-refractivity contribution in [3.05, 3.63) is 57.6 Å². The molecule has 0 N–H and O–H groups in total. The van der Waals surface area contributed by atoms with Crippen LogP contribution in [0.2, 0.25) is 0 Å². The molecule has 0 amide bonds. The molecule has 0 aliphatic rings. The molecule has 1 aromatic carbocycles. The quantitative estimate of drug-likeness (QED) is 0.735. The number of nitriles is 1. The predicted molar refractivity (Wildman–Crippen MR) is 78.7 cm³/mol. The molecule has 0 saturated carbocycles. The summed E-state index contributed by atoms with van der Waals surface area (Å²) >= 11 is 1.58. The van der Waals surface area contributed by atoms with Crippen molar-refractivity contribution in [3.63, 3.8) is 0 Å². The van der Waals surface area contributed by atoms with E-state index in [9.17, 15) is 0 Å². The van der Waals surface area contributed by atoms with E-state index in [0.717, 1.165) is 27.4 Å². The van der Waals surface area contributed by atoms with Gasteiger partial charge in [-0.3, -0.25) is 0 Å². The Balaban J connectivity index is 2.38. The molecule has 2 rings (SSSR count). The van der Waals surface area contributed by atoms with Gasteiger partial charge in [-0.2, -0.15) is 5.26 Å². The number of aryl methyl sites for hydroxylation is 1. The highest BCUT2D eigenvalue weighted by molar-refractivity contribution is 7.09. The van der Waals surface area contributed by atoms with Gasteiger partial charge in [0.25, 0.3) is 0 Å². The molecule has 1 heterocycles. The van der Waals surface area contributed by atoms with Crippen molar-refractivity contribution in [1.29, 1.82) is 5.26 Å². The summed E-state index contributed by atoms with van der Waals surface area (Å²) < 4.78 is 0. The molecule has 0 saturated heterocycles. The molecule has 0 spiro atoms. The number of aromatic nitrogens is 1. The second-order valence-electron chi connectivity index (χ2n) is 4.15. The average Bonchev–Trinajstić information content (AvgIpc) is 2.81. The number of allylic oxidation sites excluding steroid dienone is 1. The first-order valence-electron chi connectivity index (χ1n) is 5.74. The molecule has 0 aliphatic carbocycles. The van der Waals surface area contributed by atoms with E-state index in [-0.39, 0.29) is 0 Å². The minimum Gasteiger partial charge on any atom is -0.233 e. The second-order valence-corrected chi connectivity index (χ2v) is 5.22. The topological polar surface area (TPSA) is 36.7 Å². The number of nitrogens with zero attached hydrogens (tertiary/aromatic N) is 2. The first kappa shape index (κ1) is 13.1. The van der Waals surface area contributed by atoms with Crippen LogP contribution in [0.3, 0.4) is 0 Å². The number of thiazole rings is 1. The van der Waals surface area contributed by atoms with Gasteiger partial charge < -0.3 is 0 Å².